The number of hydrogen-bond donors (Lipinski definition) is 13. The minimum Gasteiger partial charge on any atom is -0.486 e. The molecule has 0 bridgehead atoms. The number of imide groups is 1. The molecule has 4 fully saturated rings. The zero-order valence-corrected chi connectivity index (χ0v) is 74.4. The number of amides is 17. The SMILES string of the molecule is CC(C)[C@H](NC(=O)CCN1C(=O)C=CC1=O)C(=O)N[C@@H](C)C(=O)Nc1ccc(COc2cc3ccccc3nc2C(=O)N[C@@H]2CNC(=O)[C@H](C(C)C)N(C)C(=O)CN(C)C(=O)CNC(=O)[C@@H]3CCCCN3C(=O)[C@H](NC(=O)c3nc4ccccc4cc3O[C@@H]3O[C@H](C(=O)O)[C@@H](O)[C@H](O)[C@H]3O)CNC(=O)[C@H](C(C)C)N(C)C(=O)CN(C)C(=O)CNC(=O)[C@@H]3CCCCN3C2=O)cc1. The van der Waals surface area contributed by atoms with Crippen LogP contribution in [0.3, 0.4) is 0 Å². The fourth-order valence-electron chi connectivity index (χ4n) is 15.7. The highest BCUT2D eigenvalue weighted by molar-refractivity contribution is 6.13. The molecule has 4 saturated heterocycles. The number of fused-ring (bicyclic) bond motifs is 4. The van der Waals surface area contributed by atoms with Crippen molar-refractivity contribution in [1.29, 1.82) is 0 Å². The summed E-state index contributed by atoms with van der Waals surface area (Å²) in [5.74, 6) is -17.9. The van der Waals surface area contributed by atoms with Gasteiger partial charge in [-0.3, -0.25) is 86.4 Å². The Kier molecular flexibility index (Phi) is 33.8. The molecule has 5 aliphatic heterocycles. The van der Waals surface area contributed by atoms with E-state index in [1.54, 1.807) is 114 Å². The maximum atomic E-state index is 15.5. The van der Waals surface area contributed by atoms with Crippen molar-refractivity contribution in [2.75, 3.05) is 92.4 Å². The number of nitrogens with zero attached hydrogens (tertiary/aromatic N) is 9. The van der Waals surface area contributed by atoms with Gasteiger partial charge in [0.1, 0.15) is 73.3 Å². The molecule has 17 amide bonds. The Morgan fingerprint density at radius 1 is 0.542 bits per heavy atom. The third kappa shape index (κ3) is 24.9. The molecular weight excluding hydrogens is 1710 g/mol. The molecule has 10 rings (SSSR count). The first-order valence-corrected chi connectivity index (χ1v) is 43.0. The van der Waals surface area contributed by atoms with Crippen LogP contribution in [-0.4, -0.2) is 337 Å². The molecular formula is C88H112N18O25. The lowest BCUT2D eigenvalue weighted by Crippen LogP contribution is -2.61. The second-order valence-corrected chi connectivity index (χ2v) is 33.8. The van der Waals surface area contributed by atoms with Crippen LogP contribution >= 0.6 is 0 Å². The summed E-state index contributed by atoms with van der Waals surface area (Å²) in [7, 11) is 5.08. The smallest absolute Gasteiger partial charge is 0.335 e. The Morgan fingerprint density at radius 3 is 1.47 bits per heavy atom. The summed E-state index contributed by atoms with van der Waals surface area (Å²) in [4.78, 5) is 269. The predicted octanol–water partition coefficient (Wildman–Crippen LogP) is -2.45. The van der Waals surface area contributed by atoms with Crippen LogP contribution in [-0.2, 0) is 88.1 Å². The van der Waals surface area contributed by atoms with E-state index in [1.165, 1.54) is 52.1 Å². The summed E-state index contributed by atoms with van der Waals surface area (Å²) >= 11 is 0. The van der Waals surface area contributed by atoms with Gasteiger partial charge in [-0.15, -0.1) is 0 Å². The maximum absolute atomic E-state index is 15.5. The summed E-state index contributed by atoms with van der Waals surface area (Å²) in [5.41, 5.74) is 0.321. The summed E-state index contributed by atoms with van der Waals surface area (Å²) in [6.45, 7) is 6.27. The number of carbonyl (C=O) groups is 18. The van der Waals surface area contributed by atoms with E-state index in [4.69, 9.17) is 14.2 Å². The topological polar surface area (TPSA) is 573 Å². The number of aliphatic hydroxyl groups excluding tert-OH is 3. The number of pyridine rings is 2. The van der Waals surface area contributed by atoms with Gasteiger partial charge in [-0.1, -0.05) is 90.1 Å². The highest BCUT2D eigenvalue weighted by Gasteiger charge is 2.50. The molecule has 5 aromatic rings. The van der Waals surface area contributed by atoms with Crippen molar-refractivity contribution in [3.05, 3.63) is 114 Å². The van der Waals surface area contributed by atoms with Crippen molar-refractivity contribution in [2.24, 2.45) is 17.8 Å². The fourth-order valence-corrected chi connectivity index (χ4v) is 15.7. The third-order valence-corrected chi connectivity index (χ3v) is 23.2. The highest BCUT2D eigenvalue weighted by atomic mass is 16.7. The molecule has 13 N–H and O–H groups in total. The van der Waals surface area contributed by atoms with Crippen LogP contribution in [0.25, 0.3) is 21.8 Å². The second-order valence-electron chi connectivity index (χ2n) is 33.8. The molecule has 0 radical (unpaired) electrons. The van der Waals surface area contributed by atoms with E-state index >= 15 is 14.4 Å². The highest BCUT2D eigenvalue weighted by Crippen LogP contribution is 2.32. The minimum absolute atomic E-state index is 0.00248. The zero-order chi connectivity index (χ0) is 95.7. The lowest BCUT2D eigenvalue weighted by atomic mass is 9.99. The fraction of sp³-hybridized carbons (Fsp3) is 0.500. The molecule has 131 heavy (non-hydrogen) atoms. The number of carbonyl (C=O) groups excluding carboxylic acids is 17. The van der Waals surface area contributed by atoms with E-state index in [0.717, 1.165) is 41.6 Å². The standard InChI is InChI=1S/C88H112N18O25/c1-45(2)68(99-61(107)32-35-106-62(108)30-31-63(106)109)80(120)93-48(7)77(117)94-52-28-26-49(27-29-52)44-129-59-36-50-20-12-14-22-53(50)95-69(59)81(121)97-55-38-89-83(123)71(46(3)4)102(10)66(112)42-100(8)65(111)41-92-79(119)58-25-17-19-34-105(58)86(126)56(98-82(122)70-60(37-51-21-13-15-23-54(51)96-70)130-88-75(116)73(114)74(115)76(131-88)87(127)128)39-90-84(124)72(47(5)6)103(11)67(113)43-101(9)64(110)40-91-78(118)57-24-16-18-33-104(57)85(55)125/h12-15,20-23,26-31,36-37,45-48,55-58,68,71-76,88,114-116H,16-19,24-25,32-35,38-44H2,1-11H3,(H,89,123)(H,90,124)(H,91,118)(H,92,119)(H,93,120)(H,94,117)(H,97,121)(H,98,122)(H,99,107)(H,127,128)/t48-,55+,56+,57-,58-,68-,71-,72-,73-,74-,75+,76-,88+/m0/s1. The molecule has 0 aliphatic carbocycles. The second kappa shape index (κ2) is 44.6. The summed E-state index contributed by atoms with van der Waals surface area (Å²) in [5, 5.41) is 66.6. The van der Waals surface area contributed by atoms with Gasteiger partial charge in [0, 0.05) is 95.9 Å². The van der Waals surface area contributed by atoms with E-state index in [0.29, 0.717) is 53.2 Å². The number of carboxylic acids is 1. The van der Waals surface area contributed by atoms with Crippen molar-refractivity contribution in [2.45, 2.75) is 179 Å². The molecule has 43 heteroatoms. The predicted molar refractivity (Wildman–Crippen MR) is 464 cm³/mol. The molecule has 0 unspecified atom stereocenters. The van der Waals surface area contributed by atoms with Crippen LogP contribution < -0.4 is 57.3 Å². The number of aliphatic carboxylic acids is 1. The maximum Gasteiger partial charge on any atom is 0.335 e. The number of carboxylic acid groups (broad SMARTS) is 1. The van der Waals surface area contributed by atoms with Crippen LogP contribution in [0.15, 0.2) is 97.1 Å². The number of aliphatic hydroxyl groups is 3. The third-order valence-electron chi connectivity index (χ3n) is 23.2. The Balaban J connectivity index is 0.877. The first kappa shape index (κ1) is 99.5. The van der Waals surface area contributed by atoms with E-state index in [-0.39, 0.29) is 62.5 Å². The summed E-state index contributed by atoms with van der Waals surface area (Å²) in [6, 6.07) is 10.9. The summed E-state index contributed by atoms with van der Waals surface area (Å²) < 4.78 is 17.6. The van der Waals surface area contributed by atoms with Crippen LogP contribution in [0, 0.1) is 17.8 Å². The average molecular weight is 1820 g/mol. The van der Waals surface area contributed by atoms with Gasteiger partial charge in [0.05, 0.1) is 37.2 Å². The van der Waals surface area contributed by atoms with Gasteiger partial charge in [0.2, 0.25) is 83.1 Å². The van der Waals surface area contributed by atoms with Gasteiger partial charge in [0.25, 0.3) is 23.6 Å². The van der Waals surface area contributed by atoms with Gasteiger partial charge >= 0.3 is 5.97 Å². The number of para-hydroxylation sites is 2. The first-order chi connectivity index (χ1) is 62.1. The van der Waals surface area contributed by atoms with Crippen molar-refractivity contribution < 1.29 is 121 Å². The number of hydrogen-bond acceptors (Lipinski definition) is 26. The average Bonchev–Trinajstić information content (AvgIpc) is 1.19. The summed E-state index contributed by atoms with van der Waals surface area (Å²) in [6.07, 6.45) is -7.26. The molecule has 0 spiro atoms. The van der Waals surface area contributed by atoms with Crippen LogP contribution in [0.1, 0.15) is 120 Å². The Hall–Kier alpha value is -13.7. The largest absolute Gasteiger partial charge is 0.486 e. The lowest BCUT2D eigenvalue weighted by Gasteiger charge is -2.38. The number of nitrogens with one attached hydrogen (secondary N) is 9. The minimum atomic E-state index is -2.14. The molecule has 2 aromatic heterocycles. The first-order valence-electron chi connectivity index (χ1n) is 43.0. The van der Waals surface area contributed by atoms with E-state index < -0.39 is 254 Å². The van der Waals surface area contributed by atoms with Gasteiger partial charge in [-0.25, -0.2) is 14.8 Å². The number of rotatable bonds is 21. The molecule has 13 atom stereocenters. The number of aromatic nitrogens is 2. The molecule has 0 saturated carbocycles. The van der Waals surface area contributed by atoms with Crippen LogP contribution in [0.2, 0.25) is 0 Å². The van der Waals surface area contributed by atoms with Gasteiger partial charge in [-0.05, 0) is 105 Å². The Labute approximate surface area is 753 Å². The molecule has 5 aliphatic rings. The molecule has 7 heterocycles. The monoisotopic (exact) mass is 1820 g/mol. The molecule has 3 aromatic carbocycles. The zero-order valence-electron chi connectivity index (χ0n) is 74.4. The number of likely N-dealkylation sites (N-methyl/N-ethyl adjacent to an activating group) is 4. The van der Waals surface area contributed by atoms with Gasteiger partial charge in [0.15, 0.2) is 29.0 Å². The van der Waals surface area contributed by atoms with Crippen molar-refractivity contribution in [3.8, 4) is 11.5 Å². The van der Waals surface area contributed by atoms with Crippen molar-refractivity contribution in [1.82, 2.24) is 86.8 Å². The van der Waals surface area contributed by atoms with Gasteiger partial charge < -0.3 is 112 Å². The van der Waals surface area contributed by atoms with E-state index in [2.05, 4.69) is 57.8 Å². The Morgan fingerprint density at radius 2 is 1.01 bits per heavy atom. The van der Waals surface area contributed by atoms with Crippen molar-refractivity contribution >= 4 is 134 Å². The quantitative estimate of drug-likeness (QED) is 0.0339. The number of anilines is 1. The van der Waals surface area contributed by atoms with E-state index in [9.17, 15) is 92.3 Å². The van der Waals surface area contributed by atoms with Crippen molar-refractivity contribution in [3.63, 3.8) is 0 Å². The lowest BCUT2D eigenvalue weighted by molar-refractivity contribution is -0.271. The van der Waals surface area contributed by atoms with Crippen LogP contribution in [0.4, 0.5) is 5.69 Å². The van der Waals surface area contributed by atoms with Crippen LogP contribution in [0.5, 0.6) is 11.5 Å². The van der Waals surface area contributed by atoms with Gasteiger partial charge in [-0.2, -0.15) is 0 Å². The Bertz CT molecular complexity index is 5210. The normalized spacial score (nSPS) is 23.7. The number of ether oxygens (including phenoxy) is 3. The number of benzene rings is 3. The number of piperidine rings is 2. The molecule has 704 valence electrons. The van der Waals surface area contributed by atoms with E-state index in [1.807, 2.05) is 0 Å². The molecule has 43 nitrogen and oxygen atoms in total.